The zero-order chi connectivity index (χ0) is 49.3. The van der Waals surface area contributed by atoms with Crippen LogP contribution in [0.25, 0.3) is 0 Å². The van der Waals surface area contributed by atoms with Gasteiger partial charge in [0.25, 0.3) is 0 Å². The zero-order valence-corrected chi connectivity index (χ0v) is 44.9. The Morgan fingerprint density at radius 1 is 0.309 bits per heavy atom. The van der Waals surface area contributed by atoms with Crippen molar-refractivity contribution in [3.05, 3.63) is 72.9 Å². The van der Waals surface area contributed by atoms with Gasteiger partial charge in [0.1, 0.15) is 13.2 Å². The Kier molecular flexibility index (Phi) is 53.8. The lowest BCUT2D eigenvalue weighted by molar-refractivity contribution is -0.167. The van der Waals surface area contributed by atoms with Crippen molar-refractivity contribution in [2.75, 3.05) is 13.2 Å². The number of carbonyl (C=O) groups is 3. The summed E-state index contributed by atoms with van der Waals surface area (Å²) in [4.78, 5) is 38.2. The Morgan fingerprint density at radius 3 is 0.956 bits per heavy atom. The van der Waals surface area contributed by atoms with Crippen LogP contribution in [0.3, 0.4) is 0 Å². The van der Waals surface area contributed by atoms with Crippen molar-refractivity contribution in [3.8, 4) is 0 Å². The Labute approximate surface area is 421 Å². The molecule has 0 aliphatic heterocycles. The van der Waals surface area contributed by atoms with Crippen LogP contribution in [0.2, 0.25) is 0 Å². The van der Waals surface area contributed by atoms with Crippen molar-refractivity contribution in [2.24, 2.45) is 0 Å². The molecule has 0 fully saturated rings. The van der Waals surface area contributed by atoms with Crippen molar-refractivity contribution in [1.82, 2.24) is 0 Å². The van der Waals surface area contributed by atoms with Crippen LogP contribution in [-0.4, -0.2) is 37.2 Å². The fourth-order valence-electron chi connectivity index (χ4n) is 8.13. The van der Waals surface area contributed by atoms with E-state index in [2.05, 4.69) is 93.7 Å². The molecule has 0 rings (SSSR count). The average molecular weight is 950 g/mol. The molecule has 1 unspecified atom stereocenters. The number of ether oxygens (including phenoxy) is 3. The molecule has 0 aliphatic rings. The standard InChI is InChI=1S/C62H108O6/c1-4-7-10-13-16-19-22-25-28-30-31-32-35-37-40-43-46-49-52-55-61(64)67-58-59(57-66-60(63)54-51-48-45-42-39-36-33-27-24-21-18-15-12-9-6-3)68-62(65)56-53-50-47-44-41-38-34-29-26-23-20-17-14-11-8-5-2/h9,12,15,18,21,24,29-31,34,38,41,59H,4-8,10-11,13-14,16-17,19-20,22-23,25-28,32-33,35-37,39-40,42-58H2,1-3H3/b12-9-,18-15-,24-21-,31-30-,34-29-,41-38-. The molecule has 0 radical (unpaired) electrons. The van der Waals surface area contributed by atoms with E-state index in [0.29, 0.717) is 19.3 Å². The molecule has 0 saturated carbocycles. The predicted octanol–water partition coefficient (Wildman–Crippen LogP) is 19.4. The molecule has 6 heteroatoms. The van der Waals surface area contributed by atoms with E-state index in [1.807, 2.05) is 0 Å². The van der Waals surface area contributed by atoms with Gasteiger partial charge < -0.3 is 14.2 Å². The second kappa shape index (κ2) is 56.4. The third kappa shape index (κ3) is 53.8. The number of unbranched alkanes of at least 4 members (excludes halogenated alkanes) is 32. The summed E-state index contributed by atoms with van der Waals surface area (Å²) in [7, 11) is 0. The lowest BCUT2D eigenvalue weighted by atomic mass is 10.1. The van der Waals surface area contributed by atoms with E-state index in [9.17, 15) is 14.4 Å². The van der Waals surface area contributed by atoms with Crippen LogP contribution in [0.15, 0.2) is 72.9 Å². The maximum Gasteiger partial charge on any atom is 0.306 e. The molecule has 0 amide bonds. The lowest BCUT2D eigenvalue weighted by Crippen LogP contribution is -2.30. The number of allylic oxidation sites excluding steroid dienone is 12. The highest BCUT2D eigenvalue weighted by Gasteiger charge is 2.19. The summed E-state index contributed by atoms with van der Waals surface area (Å²) >= 11 is 0. The molecule has 0 aliphatic carbocycles. The Bertz CT molecular complexity index is 1270. The lowest BCUT2D eigenvalue weighted by Gasteiger charge is -2.18. The summed E-state index contributed by atoms with van der Waals surface area (Å²) in [6, 6.07) is 0. The smallest absolute Gasteiger partial charge is 0.306 e. The number of esters is 3. The van der Waals surface area contributed by atoms with E-state index >= 15 is 0 Å². The van der Waals surface area contributed by atoms with Crippen molar-refractivity contribution in [2.45, 2.75) is 290 Å². The second-order valence-electron chi connectivity index (χ2n) is 19.3. The van der Waals surface area contributed by atoms with Crippen LogP contribution >= 0.6 is 0 Å². The highest BCUT2D eigenvalue weighted by Crippen LogP contribution is 2.15. The van der Waals surface area contributed by atoms with Crippen molar-refractivity contribution in [3.63, 3.8) is 0 Å². The fraction of sp³-hybridized carbons (Fsp3) is 0.758. The summed E-state index contributed by atoms with van der Waals surface area (Å²) in [6.45, 7) is 6.49. The number of rotatable bonds is 52. The minimum atomic E-state index is -0.796. The van der Waals surface area contributed by atoms with Crippen molar-refractivity contribution < 1.29 is 28.6 Å². The maximum atomic E-state index is 12.8. The SMILES string of the molecule is CC\C=C/C=C\C=C/CCCCCCCCCC(=O)OCC(COC(=O)CCCCCCCCC/C=C\CCCCCCCCCC)OC(=O)CCCCC/C=C\C=C/CCCCCCCCC. The first-order chi connectivity index (χ1) is 33.5. The molecule has 0 aromatic rings. The maximum absolute atomic E-state index is 12.8. The number of hydrogen-bond acceptors (Lipinski definition) is 6. The first kappa shape index (κ1) is 64.8. The van der Waals surface area contributed by atoms with Gasteiger partial charge in [-0.15, -0.1) is 0 Å². The van der Waals surface area contributed by atoms with E-state index in [0.717, 1.165) is 83.5 Å². The summed E-state index contributed by atoms with van der Waals surface area (Å²) in [6.07, 6.45) is 71.8. The average Bonchev–Trinajstić information content (AvgIpc) is 3.34. The molecule has 0 heterocycles. The molecule has 6 nitrogen and oxygen atoms in total. The van der Waals surface area contributed by atoms with E-state index in [-0.39, 0.29) is 31.1 Å². The van der Waals surface area contributed by atoms with Crippen LogP contribution in [0.5, 0.6) is 0 Å². The minimum absolute atomic E-state index is 0.0918. The summed E-state index contributed by atoms with van der Waals surface area (Å²) in [5.41, 5.74) is 0. The number of hydrogen-bond donors (Lipinski definition) is 0. The second-order valence-corrected chi connectivity index (χ2v) is 19.3. The van der Waals surface area contributed by atoms with Gasteiger partial charge in [-0.1, -0.05) is 248 Å². The highest BCUT2D eigenvalue weighted by molar-refractivity contribution is 5.71. The van der Waals surface area contributed by atoms with Gasteiger partial charge in [-0.25, -0.2) is 0 Å². The van der Waals surface area contributed by atoms with Gasteiger partial charge in [-0.2, -0.15) is 0 Å². The van der Waals surface area contributed by atoms with E-state index in [1.54, 1.807) is 0 Å². The quantitative estimate of drug-likeness (QED) is 0.0199. The highest BCUT2D eigenvalue weighted by atomic mass is 16.6. The molecular weight excluding hydrogens is 841 g/mol. The van der Waals surface area contributed by atoms with E-state index < -0.39 is 6.10 Å². The van der Waals surface area contributed by atoms with Gasteiger partial charge in [-0.05, 0) is 89.9 Å². The van der Waals surface area contributed by atoms with Gasteiger partial charge in [0.2, 0.25) is 0 Å². The fourth-order valence-corrected chi connectivity index (χ4v) is 8.13. The van der Waals surface area contributed by atoms with Gasteiger partial charge in [0, 0.05) is 19.3 Å². The van der Waals surface area contributed by atoms with Crippen LogP contribution < -0.4 is 0 Å². The molecule has 1 atom stereocenters. The Balaban J connectivity index is 4.42. The number of carbonyl (C=O) groups excluding carboxylic acids is 3. The summed E-state index contributed by atoms with van der Waals surface area (Å²) in [5.74, 6) is -0.927. The molecule has 68 heavy (non-hydrogen) atoms. The van der Waals surface area contributed by atoms with Gasteiger partial charge in [-0.3, -0.25) is 14.4 Å². The zero-order valence-electron chi connectivity index (χ0n) is 44.9. The first-order valence-corrected chi connectivity index (χ1v) is 29.0. The van der Waals surface area contributed by atoms with E-state index in [1.165, 1.54) is 161 Å². The molecular formula is C62H108O6. The van der Waals surface area contributed by atoms with Gasteiger partial charge >= 0.3 is 17.9 Å². The molecule has 0 saturated heterocycles. The predicted molar refractivity (Wildman–Crippen MR) is 293 cm³/mol. The Morgan fingerprint density at radius 2 is 0.588 bits per heavy atom. The van der Waals surface area contributed by atoms with Gasteiger partial charge in [0.15, 0.2) is 6.10 Å². The molecule has 0 bridgehead atoms. The van der Waals surface area contributed by atoms with Crippen LogP contribution in [0.4, 0.5) is 0 Å². The van der Waals surface area contributed by atoms with Crippen LogP contribution in [0.1, 0.15) is 284 Å². The van der Waals surface area contributed by atoms with Crippen molar-refractivity contribution in [1.29, 1.82) is 0 Å². The Hall–Kier alpha value is -3.15. The van der Waals surface area contributed by atoms with Crippen LogP contribution in [-0.2, 0) is 28.6 Å². The molecule has 0 aromatic carbocycles. The van der Waals surface area contributed by atoms with Crippen molar-refractivity contribution >= 4 is 17.9 Å². The summed E-state index contributed by atoms with van der Waals surface area (Å²) < 4.78 is 16.8. The summed E-state index contributed by atoms with van der Waals surface area (Å²) in [5, 5.41) is 0. The topological polar surface area (TPSA) is 78.9 Å². The monoisotopic (exact) mass is 949 g/mol. The van der Waals surface area contributed by atoms with Crippen LogP contribution in [0, 0.1) is 0 Å². The molecule has 0 aromatic heterocycles. The minimum Gasteiger partial charge on any atom is -0.462 e. The molecule has 0 N–H and O–H groups in total. The third-order valence-electron chi connectivity index (χ3n) is 12.5. The van der Waals surface area contributed by atoms with Gasteiger partial charge in [0.05, 0.1) is 0 Å². The van der Waals surface area contributed by atoms with E-state index in [4.69, 9.17) is 14.2 Å². The normalized spacial score (nSPS) is 12.6. The first-order valence-electron chi connectivity index (χ1n) is 29.0. The molecule has 0 spiro atoms. The third-order valence-corrected chi connectivity index (χ3v) is 12.5. The molecule has 392 valence electrons. The largest absolute Gasteiger partial charge is 0.462 e.